The molecule has 0 saturated carbocycles. The summed E-state index contributed by atoms with van der Waals surface area (Å²) in [6.45, 7) is 1.53. The highest BCUT2D eigenvalue weighted by Crippen LogP contribution is 2.15. The van der Waals surface area contributed by atoms with Crippen molar-refractivity contribution in [3.8, 4) is 0 Å². The average Bonchev–Trinajstić information content (AvgIpc) is 3.09. The largest absolute Gasteiger partial charge is 0.376 e. The first-order valence-electron chi connectivity index (χ1n) is 7.02. The fraction of sp³-hybridized carbons (Fsp3) is 0.538. The van der Waals surface area contributed by atoms with Crippen LogP contribution in [0.1, 0.15) is 29.8 Å². The Kier molecular flexibility index (Phi) is 3.96. The number of anilines is 1. The lowest BCUT2D eigenvalue weighted by molar-refractivity contribution is 0.00401. The molecule has 21 heavy (non-hydrogen) atoms. The van der Waals surface area contributed by atoms with Gasteiger partial charge in [-0.3, -0.25) is 14.2 Å². The van der Waals surface area contributed by atoms with E-state index < -0.39 is 0 Å². The van der Waals surface area contributed by atoms with Crippen LogP contribution in [0, 0.1) is 0 Å². The highest BCUT2D eigenvalue weighted by molar-refractivity contribution is 6.02. The van der Waals surface area contributed by atoms with Gasteiger partial charge in [-0.15, -0.1) is 5.10 Å². The zero-order valence-electron chi connectivity index (χ0n) is 11.9. The maximum absolute atomic E-state index is 11.9. The molecule has 1 N–H and O–H groups in total. The molecule has 0 bridgehead atoms. The Morgan fingerprint density at radius 1 is 1.48 bits per heavy atom. The zero-order chi connectivity index (χ0) is 14.7. The Morgan fingerprint density at radius 2 is 2.38 bits per heavy atom. The van der Waals surface area contributed by atoms with Crippen molar-refractivity contribution in [1.29, 1.82) is 0 Å². The van der Waals surface area contributed by atoms with E-state index in [2.05, 4.69) is 20.7 Å². The van der Waals surface area contributed by atoms with Gasteiger partial charge in [-0.25, -0.2) is 0 Å². The smallest absolute Gasteiger partial charge is 0.277 e. The van der Waals surface area contributed by atoms with Crippen molar-refractivity contribution in [1.82, 2.24) is 24.8 Å². The van der Waals surface area contributed by atoms with Crippen molar-refractivity contribution in [3.05, 3.63) is 24.3 Å². The van der Waals surface area contributed by atoms with E-state index in [1.165, 1.54) is 11.1 Å². The Balaban J connectivity index is 1.58. The summed E-state index contributed by atoms with van der Waals surface area (Å²) in [7, 11) is 1.71. The summed E-state index contributed by atoms with van der Waals surface area (Å²) < 4.78 is 8.95. The molecule has 0 radical (unpaired) electrons. The number of ether oxygens (including phenoxy) is 1. The third kappa shape index (κ3) is 3.46. The molecule has 1 atom stereocenters. The summed E-state index contributed by atoms with van der Waals surface area (Å²) in [6, 6.07) is 0. The number of carbonyl (C=O) groups excluding carboxylic acids is 1. The molecule has 0 spiro atoms. The Hall–Kier alpha value is -2.22. The van der Waals surface area contributed by atoms with E-state index in [9.17, 15) is 4.79 Å². The van der Waals surface area contributed by atoms with Gasteiger partial charge in [-0.2, -0.15) is 5.10 Å². The highest BCUT2D eigenvalue weighted by atomic mass is 16.5. The van der Waals surface area contributed by atoms with E-state index >= 15 is 0 Å². The van der Waals surface area contributed by atoms with Gasteiger partial charge in [-0.1, -0.05) is 5.21 Å². The zero-order valence-corrected chi connectivity index (χ0v) is 11.9. The van der Waals surface area contributed by atoms with Crippen LogP contribution in [0.15, 0.2) is 18.6 Å². The van der Waals surface area contributed by atoms with Crippen LogP contribution in [0.4, 0.5) is 5.69 Å². The molecule has 1 aliphatic heterocycles. The lowest BCUT2D eigenvalue weighted by Crippen LogP contribution is -2.24. The van der Waals surface area contributed by atoms with Gasteiger partial charge in [0.1, 0.15) is 0 Å². The lowest BCUT2D eigenvalue weighted by Gasteiger charge is -2.22. The van der Waals surface area contributed by atoms with Crippen molar-refractivity contribution >= 4 is 11.6 Å². The Labute approximate surface area is 122 Å². The number of aryl methyl sites for hydroxylation is 1. The normalized spacial score (nSPS) is 18.6. The van der Waals surface area contributed by atoms with Crippen molar-refractivity contribution in [2.75, 3.05) is 11.9 Å². The number of nitrogens with one attached hydrogen (secondary N) is 1. The number of hydrogen-bond donors (Lipinski definition) is 1. The SMILES string of the molecule is Cn1cc(C(=O)Nc2cnn(CC3CCCCO3)c2)nn1. The second kappa shape index (κ2) is 6.04. The van der Waals surface area contributed by atoms with Crippen molar-refractivity contribution in [3.63, 3.8) is 0 Å². The van der Waals surface area contributed by atoms with Crippen LogP contribution in [0.5, 0.6) is 0 Å². The van der Waals surface area contributed by atoms with Gasteiger partial charge in [0.15, 0.2) is 5.69 Å². The van der Waals surface area contributed by atoms with Crippen molar-refractivity contribution in [2.24, 2.45) is 7.05 Å². The monoisotopic (exact) mass is 290 g/mol. The molecule has 1 saturated heterocycles. The molecule has 3 rings (SSSR count). The van der Waals surface area contributed by atoms with E-state index in [-0.39, 0.29) is 17.7 Å². The second-order valence-electron chi connectivity index (χ2n) is 5.17. The van der Waals surface area contributed by atoms with E-state index in [1.807, 2.05) is 0 Å². The van der Waals surface area contributed by atoms with Gasteiger partial charge in [0.05, 0.1) is 30.7 Å². The van der Waals surface area contributed by atoms with E-state index in [0.717, 1.165) is 19.4 Å². The number of rotatable bonds is 4. The molecule has 8 nitrogen and oxygen atoms in total. The van der Waals surface area contributed by atoms with Gasteiger partial charge < -0.3 is 10.1 Å². The summed E-state index contributed by atoms with van der Waals surface area (Å²) in [5.74, 6) is -0.295. The van der Waals surface area contributed by atoms with Gasteiger partial charge in [0.2, 0.25) is 0 Å². The number of carbonyl (C=O) groups is 1. The third-order valence-corrected chi connectivity index (χ3v) is 3.39. The molecule has 1 aliphatic rings. The van der Waals surface area contributed by atoms with Crippen LogP contribution in [-0.2, 0) is 18.3 Å². The van der Waals surface area contributed by atoms with Gasteiger partial charge in [-0.05, 0) is 19.3 Å². The number of aromatic nitrogens is 5. The molecule has 112 valence electrons. The molecule has 3 heterocycles. The topological polar surface area (TPSA) is 86.9 Å². The minimum absolute atomic E-state index is 0.210. The van der Waals surface area contributed by atoms with Gasteiger partial charge in [0.25, 0.3) is 5.91 Å². The van der Waals surface area contributed by atoms with Crippen LogP contribution in [0.25, 0.3) is 0 Å². The van der Waals surface area contributed by atoms with Crippen LogP contribution in [0.2, 0.25) is 0 Å². The van der Waals surface area contributed by atoms with Gasteiger partial charge in [0, 0.05) is 19.9 Å². The fourth-order valence-corrected chi connectivity index (χ4v) is 2.33. The third-order valence-electron chi connectivity index (χ3n) is 3.39. The molecule has 0 aromatic carbocycles. The van der Waals surface area contributed by atoms with Crippen LogP contribution in [-0.4, -0.2) is 43.4 Å². The van der Waals surface area contributed by atoms with E-state index in [4.69, 9.17) is 4.74 Å². The molecular weight excluding hydrogens is 272 g/mol. The summed E-state index contributed by atoms with van der Waals surface area (Å²) in [4.78, 5) is 11.9. The summed E-state index contributed by atoms with van der Waals surface area (Å²) >= 11 is 0. The molecule has 0 aliphatic carbocycles. The first-order chi connectivity index (χ1) is 10.2. The average molecular weight is 290 g/mol. The fourth-order valence-electron chi connectivity index (χ4n) is 2.33. The maximum atomic E-state index is 11.9. The number of amides is 1. The molecule has 2 aromatic rings. The molecule has 1 amide bonds. The minimum atomic E-state index is -0.295. The predicted molar refractivity (Wildman–Crippen MR) is 74.8 cm³/mol. The van der Waals surface area contributed by atoms with Crippen molar-refractivity contribution < 1.29 is 9.53 Å². The highest BCUT2D eigenvalue weighted by Gasteiger charge is 2.16. The molecule has 1 fully saturated rings. The number of nitrogens with zero attached hydrogens (tertiary/aromatic N) is 5. The maximum Gasteiger partial charge on any atom is 0.277 e. The molecule has 2 aromatic heterocycles. The van der Waals surface area contributed by atoms with Crippen LogP contribution < -0.4 is 5.32 Å². The van der Waals surface area contributed by atoms with Crippen LogP contribution in [0.3, 0.4) is 0 Å². The van der Waals surface area contributed by atoms with E-state index in [0.29, 0.717) is 12.2 Å². The second-order valence-corrected chi connectivity index (χ2v) is 5.17. The quantitative estimate of drug-likeness (QED) is 0.901. The molecule has 8 heteroatoms. The molecular formula is C13H18N6O2. The van der Waals surface area contributed by atoms with Gasteiger partial charge >= 0.3 is 0 Å². The van der Waals surface area contributed by atoms with Crippen molar-refractivity contribution in [2.45, 2.75) is 31.9 Å². The first-order valence-corrected chi connectivity index (χ1v) is 7.02. The Morgan fingerprint density at radius 3 is 3.10 bits per heavy atom. The summed E-state index contributed by atoms with van der Waals surface area (Å²) in [5, 5.41) is 14.5. The summed E-state index contributed by atoms with van der Waals surface area (Å²) in [5.41, 5.74) is 0.919. The van der Waals surface area contributed by atoms with E-state index in [1.54, 1.807) is 30.3 Å². The number of hydrogen-bond acceptors (Lipinski definition) is 5. The molecule has 1 unspecified atom stereocenters. The van der Waals surface area contributed by atoms with Crippen LogP contribution >= 0.6 is 0 Å². The lowest BCUT2D eigenvalue weighted by atomic mass is 10.1. The summed E-state index contributed by atoms with van der Waals surface area (Å²) in [6.07, 6.45) is 8.58. The predicted octanol–water partition coefficient (Wildman–Crippen LogP) is 0.833. The Bertz CT molecular complexity index is 614. The minimum Gasteiger partial charge on any atom is -0.376 e. The standard InChI is InChI=1S/C13H18N6O2/c1-18-9-12(16-17-18)13(20)15-10-6-14-19(7-10)8-11-4-2-3-5-21-11/h6-7,9,11H,2-5,8H2,1H3,(H,15,20). The first kappa shape index (κ1) is 13.7.